The largest absolute Gasteiger partial charge is 0.333 e. The Labute approximate surface area is 98.3 Å². The highest BCUT2D eigenvalue weighted by molar-refractivity contribution is 5.09. The molecular weight excluding hydrogens is 198 g/mol. The summed E-state index contributed by atoms with van der Waals surface area (Å²) in [5.74, 6) is 1.27. The lowest BCUT2D eigenvalue weighted by Crippen LogP contribution is -2.21. The summed E-state index contributed by atoms with van der Waals surface area (Å²) in [5, 5.41) is 3.61. The average molecular weight is 221 g/mol. The van der Waals surface area contributed by atoms with Crippen molar-refractivity contribution in [3.05, 3.63) is 17.7 Å². The second kappa shape index (κ2) is 5.48. The summed E-state index contributed by atoms with van der Waals surface area (Å²) < 4.78 is 2.37. The molecule has 0 bridgehead atoms. The van der Waals surface area contributed by atoms with Gasteiger partial charge >= 0.3 is 0 Å². The van der Waals surface area contributed by atoms with Crippen LogP contribution >= 0.6 is 0 Å². The SMILES string of the molecule is CCCc1cn2c(n1)C(CCC)NCCC2. The number of nitrogens with zero attached hydrogens (tertiary/aromatic N) is 2. The van der Waals surface area contributed by atoms with Crippen molar-refractivity contribution in [1.82, 2.24) is 14.9 Å². The molecule has 16 heavy (non-hydrogen) atoms. The molecule has 1 unspecified atom stereocenters. The molecule has 2 heterocycles. The number of hydrogen-bond donors (Lipinski definition) is 1. The first-order chi connectivity index (χ1) is 7.85. The fourth-order valence-electron chi connectivity index (χ4n) is 2.46. The summed E-state index contributed by atoms with van der Waals surface area (Å²) in [6.07, 6.45) is 8.18. The van der Waals surface area contributed by atoms with Gasteiger partial charge in [0, 0.05) is 12.7 Å². The van der Waals surface area contributed by atoms with E-state index in [4.69, 9.17) is 4.98 Å². The molecule has 1 aliphatic rings. The number of fused-ring (bicyclic) bond motifs is 1. The quantitative estimate of drug-likeness (QED) is 0.847. The van der Waals surface area contributed by atoms with E-state index in [1.807, 2.05) is 0 Å². The standard InChI is InChI=1S/C13H23N3/c1-3-6-11-10-16-9-5-8-14-12(7-4-2)13(16)15-11/h10,12,14H,3-9H2,1-2H3. The van der Waals surface area contributed by atoms with Crippen molar-refractivity contribution in [1.29, 1.82) is 0 Å². The summed E-state index contributed by atoms with van der Waals surface area (Å²) in [7, 11) is 0. The topological polar surface area (TPSA) is 29.9 Å². The summed E-state index contributed by atoms with van der Waals surface area (Å²) in [5.41, 5.74) is 1.27. The molecule has 0 aliphatic carbocycles. The zero-order valence-electron chi connectivity index (χ0n) is 10.5. The number of nitrogens with one attached hydrogen (secondary N) is 1. The highest BCUT2D eigenvalue weighted by Crippen LogP contribution is 2.21. The number of imidazole rings is 1. The van der Waals surface area contributed by atoms with Crippen LogP contribution in [0.3, 0.4) is 0 Å². The van der Waals surface area contributed by atoms with Crippen LogP contribution < -0.4 is 5.32 Å². The highest BCUT2D eigenvalue weighted by Gasteiger charge is 2.19. The van der Waals surface area contributed by atoms with Gasteiger partial charge in [0.25, 0.3) is 0 Å². The Kier molecular flexibility index (Phi) is 3.99. The van der Waals surface area contributed by atoms with E-state index >= 15 is 0 Å². The minimum atomic E-state index is 0.470. The van der Waals surface area contributed by atoms with Gasteiger partial charge in [-0.1, -0.05) is 26.7 Å². The Bertz CT molecular complexity index is 330. The molecule has 0 fully saturated rings. The summed E-state index contributed by atoms with van der Waals surface area (Å²) in [6.45, 7) is 6.70. The van der Waals surface area contributed by atoms with E-state index in [0.717, 1.165) is 19.5 Å². The van der Waals surface area contributed by atoms with E-state index in [0.29, 0.717) is 6.04 Å². The van der Waals surface area contributed by atoms with Gasteiger partial charge in [0.15, 0.2) is 0 Å². The minimum absolute atomic E-state index is 0.470. The lowest BCUT2D eigenvalue weighted by molar-refractivity contribution is 0.488. The third-order valence-electron chi connectivity index (χ3n) is 3.22. The Hall–Kier alpha value is -0.830. The van der Waals surface area contributed by atoms with Crippen LogP contribution in [-0.2, 0) is 13.0 Å². The normalized spacial score (nSPS) is 20.5. The summed E-state index contributed by atoms with van der Waals surface area (Å²) >= 11 is 0. The fourth-order valence-corrected chi connectivity index (χ4v) is 2.46. The maximum absolute atomic E-state index is 4.80. The van der Waals surface area contributed by atoms with Gasteiger partial charge in [-0.3, -0.25) is 0 Å². The second-order valence-corrected chi connectivity index (χ2v) is 4.68. The lowest BCUT2D eigenvalue weighted by atomic mass is 10.1. The Balaban J connectivity index is 2.21. The zero-order valence-corrected chi connectivity index (χ0v) is 10.5. The maximum atomic E-state index is 4.80. The number of hydrogen-bond acceptors (Lipinski definition) is 2. The van der Waals surface area contributed by atoms with E-state index < -0.39 is 0 Å². The third-order valence-corrected chi connectivity index (χ3v) is 3.22. The zero-order chi connectivity index (χ0) is 11.4. The molecule has 3 heteroatoms. The average Bonchev–Trinajstić information content (AvgIpc) is 2.58. The fraction of sp³-hybridized carbons (Fsp3) is 0.769. The predicted molar refractivity (Wildman–Crippen MR) is 66.5 cm³/mol. The summed E-state index contributed by atoms with van der Waals surface area (Å²) in [4.78, 5) is 4.80. The molecule has 3 nitrogen and oxygen atoms in total. The number of aromatic nitrogens is 2. The van der Waals surface area contributed by atoms with E-state index in [1.54, 1.807) is 0 Å². The van der Waals surface area contributed by atoms with Crippen LogP contribution in [0.25, 0.3) is 0 Å². The molecule has 1 aromatic heterocycles. The van der Waals surface area contributed by atoms with Gasteiger partial charge in [-0.2, -0.15) is 0 Å². The van der Waals surface area contributed by atoms with E-state index in [1.165, 1.54) is 37.2 Å². The first kappa shape index (κ1) is 11.6. The van der Waals surface area contributed by atoms with Crippen molar-refractivity contribution in [2.24, 2.45) is 0 Å². The number of aryl methyl sites for hydroxylation is 2. The van der Waals surface area contributed by atoms with Crippen molar-refractivity contribution >= 4 is 0 Å². The van der Waals surface area contributed by atoms with E-state index in [2.05, 4.69) is 29.9 Å². The van der Waals surface area contributed by atoms with Crippen molar-refractivity contribution < 1.29 is 0 Å². The van der Waals surface area contributed by atoms with Crippen LogP contribution in [0.2, 0.25) is 0 Å². The molecule has 0 saturated heterocycles. The third kappa shape index (κ3) is 2.46. The molecule has 90 valence electrons. The van der Waals surface area contributed by atoms with Crippen molar-refractivity contribution in [3.63, 3.8) is 0 Å². The van der Waals surface area contributed by atoms with Gasteiger partial charge in [-0.15, -0.1) is 0 Å². The minimum Gasteiger partial charge on any atom is -0.333 e. The first-order valence-corrected chi connectivity index (χ1v) is 6.64. The Morgan fingerprint density at radius 3 is 3.06 bits per heavy atom. The van der Waals surface area contributed by atoms with Crippen LogP contribution in [0.1, 0.15) is 57.1 Å². The molecule has 1 atom stereocenters. The first-order valence-electron chi connectivity index (χ1n) is 6.64. The Morgan fingerprint density at radius 2 is 2.31 bits per heavy atom. The number of rotatable bonds is 4. The van der Waals surface area contributed by atoms with E-state index in [9.17, 15) is 0 Å². The van der Waals surface area contributed by atoms with Gasteiger partial charge in [-0.25, -0.2) is 4.98 Å². The van der Waals surface area contributed by atoms with Gasteiger partial charge in [0.1, 0.15) is 5.82 Å². The smallest absolute Gasteiger partial charge is 0.126 e. The lowest BCUT2D eigenvalue weighted by Gasteiger charge is -2.14. The van der Waals surface area contributed by atoms with Crippen LogP contribution in [-0.4, -0.2) is 16.1 Å². The van der Waals surface area contributed by atoms with Crippen LogP contribution in [0.15, 0.2) is 6.20 Å². The molecule has 1 aromatic rings. The summed E-state index contributed by atoms with van der Waals surface area (Å²) in [6, 6.07) is 0.470. The predicted octanol–water partition coefficient (Wildman–Crippen LogP) is 2.67. The molecule has 0 spiro atoms. The van der Waals surface area contributed by atoms with Gasteiger partial charge in [-0.05, 0) is 25.8 Å². The van der Waals surface area contributed by atoms with Crippen molar-refractivity contribution in [3.8, 4) is 0 Å². The van der Waals surface area contributed by atoms with Crippen LogP contribution in [0.4, 0.5) is 0 Å². The van der Waals surface area contributed by atoms with Gasteiger partial charge in [0.05, 0.1) is 11.7 Å². The van der Waals surface area contributed by atoms with Gasteiger partial charge < -0.3 is 9.88 Å². The molecule has 2 rings (SSSR count). The van der Waals surface area contributed by atoms with Crippen LogP contribution in [0.5, 0.6) is 0 Å². The van der Waals surface area contributed by atoms with E-state index in [-0.39, 0.29) is 0 Å². The molecular formula is C13H23N3. The van der Waals surface area contributed by atoms with Gasteiger partial charge in [0.2, 0.25) is 0 Å². The van der Waals surface area contributed by atoms with Crippen molar-refractivity contribution in [2.75, 3.05) is 6.54 Å². The molecule has 0 aromatic carbocycles. The molecule has 1 N–H and O–H groups in total. The maximum Gasteiger partial charge on any atom is 0.126 e. The highest BCUT2D eigenvalue weighted by atomic mass is 15.1. The molecule has 0 amide bonds. The van der Waals surface area contributed by atoms with Crippen LogP contribution in [0, 0.1) is 0 Å². The monoisotopic (exact) mass is 221 g/mol. The molecule has 0 saturated carbocycles. The molecule has 1 aliphatic heterocycles. The van der Waals surface area contributed by atoms with Crippen molar-refractivity contribution in [2.45, 2.75) is 58.5 Å². The molecule has 0 radical (unpaired) electrons. The Morgan fingerprint density at radius 1 is 1.44 bits per heavy atom. The second-order valence-electron chi connectivity index (χ2n) is 4.68.